The van der Waals surface area contributed by atoms with Crippen LogP contribution in [0.4, 0.5) is 0 Å². The third-order valence-corrected chi connectivity index (χ3v) is 4.70. The average Bonchev–Trinajstić information content (AvgIpc) is 2.62. The molecule has 0 saturated carbocycles. The number of nitrogens with zero attached hydrogens (tertiary/aromatic N) is 2. The summed E-state index contributed by atoms with van der Waals surface area (Å²) in [5.41, 5.74) is 2.93. The third kappa shape index (κ3) is 4.19. The smallest absolute Gasteiger partial charge is 0.258 e. The monoisotopic (exact) mass is 383 g/mol. The minimum Gasteiger partial charge on any atom is -0.331 e. The van der Waals surface area contributed by atoms with Crippen LogP contribution >= 0.6 is 11.6 Å². The number of H-pyrrole nitrogens is 1. The topological polar surface area (TPSA) is 66.1 Å². The molecule has 1 amide bonds. The molecule has 0 spiro atoms. The second-order valence-electron chi connectivity index (χ2n) is 6.72. The summed E-state index contributed by atoms with van der Waals surface area (Å²) in [6, 6.07) is 10.8. The molecular weight excluding hydrogens is 362 g/mol. The minimum absolute atomic E-state index is 0.0631. The number of amides is 1. The van der Waals surface area contributed by atoms with Crippen LogP contribution in [0.1, 0.15) is 40.7 Å². The van der Waals surface area contributed by atoms with E-state index in [2.05, 4.69) is 9.97 Å². The van der Waals surface area contributed by atoms with Crippen LogP contribution in [0.3, 0.4) is 0 Å². The molecule has 0 aliphatic rings. The van der Waals surface area contributed by atoms with Gasteiger partial charge in [0.15, 0.2) is 0 Å². The van der Waals surface area contributed by atoms with Crippen LogP contribution in [-0.2, 0) is 6.54 Å². The van der Waals surface area contributed by atoms with E-state index in [1.807, 2.05) is 39.0 Å². The Balaban J connectivity index is 1.97. The second-order valence-corrected chi connectivity index (χ2v) is 7.16. The van der Waals surface area contributed by atoms with Crippen molar-refractivity contribution >= 4 is 28.4 Å². The maximum Gasteiger partial charge on any atom is 0.258 e. The summed E-state index contributed by atoms with van der Waals surface area (Å²) in [6.45, 7) is 6.71. The Kier molecular flexibility index (Phi) is 5.61. The Labute approximate surface area is 163 Å². The molecule has 0 radical (unpaired) electrons. The molecule has 1 heterocycles. The van der Waals surface area contributed by atoms with Crippen molar-refractivity contribution in [1.29, 1.82) is 0 Å². The Hall–Kier alpha value is -2.66. The van der Waals surface area contributed by atoms with Crippen LogP contribution in [0, 0.1) is 13.8 Å². The summed E-state index contributed by atoms with van der Waals surface area (Å²) in [4.78, 5) is 34.5. The number of rotatable bonds is 5. The van der Waals surface area contributed by atoms with Crippen molar-refractivity contribution in [1.82, 2.24) is 14.9 Å². The molecule has 0 aliphatic heterocycles. The van der Waals surface area contributed by atoms with E-state index in [9.17, 15) is 9.59 Å². The summed E-state index contributed by atoms with van der Waals surface area (Å²) in [5, 5.41) is 0.995. The van der Waals surface area contributed by atoms with Gasteiger partial charge >= 0.3 is 0 Å². The molecule has 0 atom stereocenters. The number of aromatic amines is 1. The van der Waals surface area contributed by atoms with Gasteiger partial charge in [-0.2, -0.15) is 0 Å². The lowest BCUT2D eigenvalue weighted by Gasteiger charge is -2.23. The molecule has 0 unspecified atom stereocenters. The van der Waals surface area contributed by atoms with Crippen LogP contribution in [0.15, 0.2) is 41.2 Å². The second kappa shape index (κ2) is 7.92. The fourth-order valence-electron chi connectivity index (χ4n) is 3.08. The van der Waals surface area contributed by atoms with E-state index in [4.69, 9.17) is 11.6 Å². The Bertz CT molecular complexity index is 1060. The number of hydrogen-bond acceptors (Lipinski definition) is 3. The van der Waals surface area contributed by atoms with Gasteiger partial charge in [0.05, 0.1) is 17.4 Å². The molecule has 0 bridgehead atoms. The van der Waals surface area contributed by atoms with Crippen LogP contribution in [-0.4, -0.2) is 27.3 Å². The molecule has 3 aromatic rings. The number of nitrogens with one attached hydrogen (secondary N) is 1. The van der Waals surface area contributed by atoms with E-state index < -0.39 is 0 Å². The number of aryl methyl sites for hydroxylation is 2. The summed E-state index contributed by atoms with van der Waals surface area (Å²) >= 11 is 6.02. The first kappa shape index (κ1) is 19.1. The molecule has 6 heteroatoms. The molecule has 27 heavy (non-hydrogen) atoms. The zero-order valence-corrected chi connectivity index (χ0v) is 16.4. The van der Waals surface area contributed by atoms with E-state index in [0.717, 1.165) is 17.5 Å². The number of carbonyl (C=O) groups excluding carboxylic acids is 1. The number of hydrogen-bond donors (Lipinski definition) is 1. The first-order valence-corrected chi connectivity index (χ1v) is 9.32. The van der Waals surface area contributed by atoms with Crippen molar-refractivity contribution in [3.05, 3.63) is 74.3 Å². The number of halogens is 1. The van der Waals surface area contributed by atoms with Gasteiger partial charge in [-0.25, -0.2) is 4.98 Å². The molecule has 3 rings (SSSR count). The van der Waals surface area contributed by atoms with Gasteiger partial charge in [-0.3, -0.25) is 9.59 Å². The average molecular weight is 384 g/mol. The number of benzene rings is 2. The Morgan fingerprint density at radius 3 is 2.70 bits per heavy atom. The molecule has 1 N–H and O–H groups in total. The normalized spacial score (nSPS) is 11.0. The minimum atomic E-state index is -0.234. The number of carbonyl (C=O) groups is 1. The van der Waals surface area contributed by atoms with Crippen LogP contribution < -0.4 is 5.56 Å². The van der Waals surface area contributed by atoms with Crippen molar-refractivity contribution in [2.24, 2.45) is 0 Å². The van der Waals surface area contributed by atoms with E-state index >= 15 is 0 Å². The predicted molar refractivity (Wildman–Crippen MR) is 108 cm³/mol. The van der Waals surface area contributed by atoms with Gasteiger partial charge < -0.3 is 9.88 Å². The van der Waals surface area contributed by atoms with Gasteiger partial charge in [-0.15, -0.1) is 0 Å². The molecule has 140 valence electrons. The lowest BCUT2D eigenvalue weighted by Crippen LogP contribution is -2.33. The van der Waals surface area contributed by atoms with Crippen LogP contribution in [0.25, 0.3) is 10.9 Å². The highest BCUT2D eigenvalue weighted by Crippen LogP contribution is 2.17. The van der Waals surface area contributed by atoms with Gasteiger partial charge in [-0.1, -0.05) is 36.2 Å². The fraction of sp³-hybridized carbons (Fsp3) is 0.286. The van der Waals surface area contributed by atoms with Gasteiger partial charge in [0.2, 0.25) is 0 Å². The SMILES string of the molecule is CCCN(Cc1nc2cc(Cl)ccc2c(=O)[nH]1)C(=O)c1cc(C)ccc1C. The maximum absolute atomic E-state index is 13.1. The van der Waals surface area contributed by atoms with Gasteiger partial charge in [0, 0.05) is 17.1 Å². The van der Waals surface area contributed by atoms with Crippen molar-refractivity contribution < 1.29 is 4.79 Å². The first-order chi connectivity index (χ1) is 12.9. The Morgan fingerprint density at radius 1 is 1.19 bits per heavy atom. The molecule has 0 aliphatic carbocycles. The highest BCUT2D eigenvalue weighted by atomic mass is 35.5. The van der Waals surface area contributed by atoms with Gasteiger partial charge in [0.25, 0.3) is 11.5 Å². The van der Waals surface area contributed by atoms with Gasteiger partial charge in [0.1, 0.15) is 5.82 Å². The molecule has 2 aromatic carbocycles. The van der Waals surface area contributed by atoms with E-state index in [1.165, 1.54) is 0 Å². The predicted octanol–water partition coefficient (Wildman–Crippen LogP) is 4.25. The van der Waals surface area contributed by atoms with Crippen molar-refractivity contribution in [3.63, 3.8) is 0 Å². The largest absolute Gasteiger partial charge is 0.331 e. The lowest BCUT2D eigenvalue weighted by atomic mass is 10.0. The molecule has 0 saturated heterocycles. The molecule has 5 nitrogen and oxygen atoms in total. The van der Waals surface area contributed by atoms with Gasteiger partial charge in [-0.05, 0) is 50.1 Å². The summed E-state index contributed by atoms with van der Waals surface area (Å²) < 4.78 is 0. The standard InChI is InChI=1S/C21H22ClN3O2/c1-4-9-25(21(27)17-10-13(2)5-6-14(17)3)12-19-23-18-11-15(22)7-8-16(18)20(26)24-19/h5-8,10-11H,4,9,12H2,1-3H3,(H,23,24,26). The molecule has 0 fully saturated rings. The summed E-state index contributed by atoms with van der Waals surface area (Å²) in [7, 11) is 0. The van der Waals surface area contributed by atoms with Crippen LogP contribution in [0.2, 0.25) is 5.02 Å². The molecular formula is C21H22ClN3O2. The van der Waals surface area contributed by atoms with Crippen LogP contribution in [0.5, 0.6) is 0 Å². The zero-order chi connectivity index (χ0) is 19.6. The third-order valence-electron chi connectivity index (χ3n) is 4.46. The Morgan fingerprint density at radius 2 is 1.96 bits per heavy atom. The first-order valence-electron chi connectivity index (χ1n) is 8.94. The quantitative estimate of drug-likeness (QED) is 0.716. The highest BCUT2D eigenvalue weighted by Gasteiger charge is 2.19. The zero-order valence-electron chi connectivity index (χ0n) is 15.7. The van der Waals surface area contributed by atoms with E-state index in [1.54, 1.807) is 23.1 Å². The summed E-state index contributed by atoms with van der Waals surface area (Å²) in [5.74, 6) is 0.383. The van der Waals surface area contributed by atoms with Crippen molar-refractivity contribution in [3.8, 4) is 0 Å². The van der Waals surface area contributed by atoms with Crippen molar-refractivity contribution in [2.75, 3.05) is 6.54 Å². The van der Waals surface area contributed by atoms with E-state index in [0.29, 0.717) is 33.9 Å². The fourth-order valence-corrected chi connectivity index (χ4v) is 3.24. The summed E-state index contributed by atoms with van der Waals surface area (Å²) in [6.07, 6.45) is 0.806. The number of fused-ring (bicyclic) bond motifs is 1. The maximum atomic E-state index is 13.1. The molecule has 1 aromatic heterocycles. The lowest BCUT2D eigenvalue weighted by molar-refractivity contribution is 0.0738. The number of aromatic nitrogens is 2. The highest BCUT2D eigenvalue weighted by molar-refractivity contribution is 6.31. The van der Waals surface area contributed by atoms with Crippen molar-refractivity contribution in [2.45, 2.75) is 33.7 Å². The van der Waals surface area contributed by atoms with E-state index in [-0.39, 0.29) is 18.0 Å².